The number of nitrogens with one attached hydrogen (secondary N) is 2. The van der Waals surface area contributed by atoms with Crippen molar-refractivity contribution in [3.8, 4) is 0 Å². The molecule has 3 nitrogen and oxygen atoms in total. The van der Waals surface area contributed by atoms with Gasteiger partial charge in [-0.3, -0.25) is 10.2 Å². The molecule has 0 saturated carbocycles. The first-order valence-corrected chi connectivity index (χ1v) is 7.14. The second kappa shape index (κ2) is 6.63. The molecule has 0 fully saturated rings. The van der Waals surface area contributed by atoms with E-state index in [-0.39, 0.29) is 17.6 Å². The van der Waals surface area contributed by atoms with Crippen molar-refractivity contribution in [3.05, 3.63) is 69.4 Å². The number of amidine groups is 1. The fourth-order valence-electron chi connectivity index (χ4n) is 1.98. The highest BCUT2D eigenvalue weighted by molar-refractivity contribution is 9.10. The van der Waals surface area contributed by atoms with Crippen LogP contribution in [0.4, 0.5) is 4.39 Å². The molecule has 0 aliphatic carbocycles. The number of halogens is 2. The van der Waals surface area contributed by atoms with Crippen LogP contribution in [0, 0.1) is 11.2 Å². The highest BCUT2D eigenvalue weighted by atomic mass is 79.9. The van der Waals surface area contributed by atoms with Crippen molar-refractivity contribution in [2.45, 2.75) is 13.3 Å². The molecule has 0 unspecified atom stereocenters. The maximum Gasteiger partial charge on any atom is 0.222 e. The molecule has 2 aromatic carbocycles. The number of hydrogen-bond donors (Lipinski definition) is 2. The first-order valence-electron chi connectivity index (χ1n) is 6.35. The van der Waals surface area contributed by atoms with Gasteiger partial charge in [-0.2, -0.15) is 0 Å². The number of hydrogen-bond acceptors (Lipinski definition) is 2. The lowest BCUT2D eigenvalue weighted by Crippen LogP contribution is -2.28. The van der Waals surface area contributed by atoms with Crippen LogP contribution in [0.3, 0.4) is 0 Å². The Morgan fingerprint density at radius 1 is 1.29 bits per heavy atom. The van der Waals surface area contributed by atoms with Gasteiger partial charge in [-0.15, -0.1) is 0 Å². The van der Waals surface area contributed by atoms with E-state index in [1.54, 1.807) is 12.1 Å². The Balaban J connectivity index is 2.27. The summed E-state index contributed by atoms with van der Waals surface area (Å²) in [5.41, 5.74) is 2.38. The van der Waals surface area contributed by atoms with Crippen molar-refractivity contribution in [3.63, 3.8) is 0 Å². The smallest absolute Gasteiger partial charge is 0.222 e. The van der Waals surface area contributed by atoms with E-state index in [9.17, 15) is 9.18 Å². The number of amides is 1. The molecule has 0 atom stereocenters. The van der Waals surface area contributed by atoms with Crippen LogP contribution in [0.2, 0.25) is 0 Å². The van der Waals surface area contributed by atoms with E-state index < -0.39 is 0 Å². The summed E-state index contributed by atoms with van der Waals surface area (Å²) in [6.07, 6.45) is 0.541. The predicted molar refractivity (Wildman–Crippen MR) is 84.0 cm³/mol. The molecule has 0 bridgehead atoms. The lowest BCUT2D eigenvalue weighted by molar-refractivity contribution is -0.117. The number of rotatable bonds is 3. The van der Waals surface area contributed by atoms with Crippen LogP contribution in [-0.4, -0.2) is 11.7 Å². The second-order valence-corrected chi connectivity index (χ2v) is 5.52. The van der Waals surface area contributed by atoms with Crippen LogP contribution in [0.15, 0.2) is 46.9 Å². The average Bonchev–Trinajstić information content (AvgIpc) is 2.40. The summed E-state index contributed by atoms with van der Waals surface area (Å²) in [6.45, 7) is 1.36. The number of carbonyl (C=O) groups is 1. The minimum atomic E-state index is -0.283. The molecule has 2 aromatic rings. The highest BCUT2D eigenvalue weighted by Gasteiger charge is 2.08. The van der Waals surface area contributed by atoms with Crippen LogP contribution in [0.1, 0.15) is 23.6 Å². The van der Waals surface area contributed by atoms with Gasteiger partial charge in [-0.1, -0.05) is 34.1 Å². The van der Waals surface area contributed by atoms with E-state index in [2.05, 4.69) is 21.2 Å². The summed E-state index contributed by atoms with van der Waals surface area (Å²) in [5.74, 6) is -0.504. The Hall–Kier alpha value is -2.01. The van der Waals surface area contributed by atoms with Crippen molar-refractivity contribution in [2.24, 2.45) is 0 Å². The average molecular weight is 349 g/mol. The Bertz CT molecular complexity index is 700. The van der Waals surface area contributed by atoms with Crippen molar-refractivity contribution >= 4 is 27.7 Å². The van der Waals surface area contributed by atoms with Gasteiger partial charge < -0.3 is 5.32 Å². The zero-order valence-corrected chi connectivity index (χ0v) is 13.0. The number of benzene rings is 2. The molecule has 2 N–H and O–H groups in total. The van der Waals surface area contributed by atoms with Crippen molar-refractivity contribution in [1.82, 2.24) is 5.32 Å². The molecule has 0 heterocycles. The molecule has 21 heavy (non-hydrogen) atoms. The van der Waals surface area contributed by atoms with E-state index in [1.807, 2.05) is 18.2 Å². The van der Waals surface area contributed by atoms with E-state index >= 15 is 0 Å². The molecule has 1 amide bonds. The van der Waals surface area contributed by atoms with E-state index in [1.165, 1.54) is 19.1 Å². The lowest BCUT2D eigenvalue weighted by atomic mass is 10.0. The second-order valence-electron chi connectivity index (χ2n) is 4.67. The third kappa shape index (κ3) is 4.23. The Morgan fingerprint density at radius 3 is 2.71 bits per heavy atom. The monoisotopic (exact) mass is 348 g/mol. The molecular weight excluding hydrogens is 335 g/mol. The van der Waals surface area contributed by atoms with Gasteiger partial charge in [0.05, 0.1) is 0 Å². The van der Waals surface area contributed by atoms with Crippen LogP contribution in [-0.2, 0) is 11.2 Å². The molecule has 0 aliphatic heterocycles. The quantitative estimate of drug-likeness (QED) is 0.645. The fourth-order valence-corrected chi connectivity index (χ4v) is 2.37. The van der Waals surface area contributed by atoms with Crippen molar-refractivity contribution < 1.29 is 9.18 Å². The standard InChI is InChI=1S/C16H14BrFN2O/c1-10(21)20-16(19)12-5-6-15(17)13(9-12)7-11-3-2-4-14(18)8-11/h2-6,8-9H,7H2,1H3,(H2,19,20,21). The summed E-state index contributed by atoms with van der Waals surface area (Å²) in [6, 6.07) is 11.8. The largest absolute Gasteiger partial charge is 0.311 e. The van der Waals surface area contributed by atoms with Crippen LogP contribution >= 0.6 is 15.9 Å². The van der Waals surface area contributed by atoms with E-state index in [0.717, 1.165) is 15.6 Å². The molecular formula is C16H14BrFN2O. The SMILES string of the molecule is CC(=O)NC(=N)c1ccc(Br)c(Cc2cccc(F)c2)c1. The van der Waals surface area contributed by atoms with Gasteiger partial charge in [-0.05, 0) is 41.8 Å². The van der Waals surface area contributed by atoms with Crippen molar-refractivity contribution in [2.75, 3.05) is 0 Å². The molecule has 0 aromatic heterocycles. The normalized spacial score (nSPS) is 10.2. The molecule has 0 spiro atoms. The Labute approximate surface area is 130 Å². The van der Waals surface area contributed by atoms with E-state index in [0.29, 0.717) is 12.0 Å². The van der Waals surface area contributed by atoms with Crippen LogP contribution < -0.4 is 5.32 Å². The molecule has 0 saturated heterocycles. The predicted octanol–water partition coefficient (Wildman–Crippen LogP) is 3.64. The molecule has 5 heteroatoms. The number of carbonyl (C=O) groups excluding carboxylic acids is 1. The van der Waals surface area contributed by atoms with E-state index in [4.69, 9.17) is 5.41 Å². The first-order chi connectivity index (χ1) is 9.95. The highest BCUT2D eigenvalue weighted by Crippen LogP contribution is 2.22. The summed E-state index contributed by atoms with van der Waals surface area (Å²) < 4.78 is 14.1. The molecule has 0 aliphatic rings. The van der Waals surface area contributed by atoms with Gasteiger partial charge in [0.1, 0.15) is 11.7 Å². The molecule has 108 valence electrons. The van der Waals surface area contributed by atoms with Gasteiger partial charge in [-0.25, -0.2) is 4.39 Å². The summed E-state index contributed by atoms with van der Waals surface area (Å²) in [7, 11) is 0. The zero-order chi connectivity index (χ0) is 15.4. The van der Waals surface area contributed by atoms with Gasteiger partial charge in [0.2, 0.25) is 5.91 Å². The third-order valence-corrected chi connectivity index (χ3v) is 3.69. The maximum atomic E-state index is 13.2. The van der Waals surface area contributed by atoms with Gasteiger partial charge in [0.25, 0.3) is 0 Å². The molecule has 2 rings (SSSR count). The minimum absolute atomic E-state index is 0.0514. The van der Waals surface area contributed by atoms with Crippen LogP contribution in [0.25, 0.3) is 0 Å². The Morgan fingerprint density at radius 2 is 2.05 bits per heavy atom. The van der Waals surface area contributed by atoms with Gasteiger partial charge in [0.15, 0.2) is 0 Å². The topological polar surface area (TPSA) is 53.0 Å². The lowest BCUT2D eigenvalue weighted by Gasteiger charge is -2.10. The minimum Gasteiger partial charge on any atom is -0.311 e. The van der Waals surface area contributed by atoms with Crippen molar-refractivity contribution in [1.29, 1.82) is 5.41 Å². The zero-order valence-electron chi connectivity index (χ0n) is 11.4. The van der Waals surface area contributed by atoms with Gasteiger partial charge >= 0.3 is 0 Å². The summed E-state index contributed by atoms with van der Waals surface area (Å²) >= 11 is 3.45. The fraction of sp³-hybridized carbons (Fsp3) is 0.125. The molecule has 0 radical (unpaired) electrons. The maximum absolute atomic E-state index is 13.2. The summed E-state index contributed by atoms with van der Waals surface area (Å²) in [5, 5.41) is 10.3. The van der Waals surface area contributed by atoms with Gasteiger partial charge in [0, 0.05) is 17.0 Å². The Kier molecular flexibility index (Phi) is 4.85. The first kappa shape index (κ1) is 15.4. The summed E-state index contributed by atoms with van der Waals surface area (Å²) in [4.78, 5) is 11.0. The third-order valence-electron chi connectivity index (χ3n) is 2.92. The van der Waals surface area contributed by atoms with Crippen LogP contribution in [0.5, 0.6) is 0 Å².